The Bertz CT molecular complexity index is 649. The molecule has 0 heterocycles. The number of hydrogen-bond acceptors (Lipinski definition) is 1. The van der Waals surface area contributed by atoms with Crippen LogP contribution in [-0.4, -0.2) is 5.91 Å². The van der Waals surface area contributed by atoms with E-state index in [2.05, 4.69) is 21.2 Å². The molecule has 6 heteroatoms. The summed E-state index contributed by atoms with van der Waals surface area (Å²) in [7, 11) is 0. The van der Waals surface area contributed by atoms with E-state index in [1.807, 2.05) is 0 Å². The van der Waals surface area contributed by atoms with Gasteiger partial charge in [0.05, 0.1) is 10.6 Å². The Kier molecular flexibility index (Phi) is 4.17. The summed E-state index contributed by atoms with van der Waals surface area (Å²) in [5.74, 6) is -1.62. The summed E-state index contributed by atoms with van der Waals surface area (Å²) in [6.45, 7) is 0. The predicted molar refractivity (Wildman–Crippen MR) is 73.5 cm³/mol. The molecule has 2 aromatic carbocycles. The highest BCUT2D eigenvalue weighted by molar-refractivity contribution is 9.10. The first kappa shape index (κ1) is 14.0. The molecule has 0 aromatic heterocycles. The lowest BCUT2D eigenvalue weighted by molar-refractivity contribution is 0.102. The van der Waals surface area contributed by atoms with Crippen LogP contribution in [0.1, 0.15) is 10.4 Å². The van der Waals surface area contributed by atoms with Crippen LogP contribution < -0.4 is 5.32 Å². The molecule has 19 heavy (non-hydrogen) atoms. The van der Waals surface area contributed by atoms with Crippen molar-refractivity contribution in [1.29, 1.82) is 0 Å². The third-order valence-corrected chi connectivity index (χ3v) is 3.33. The zero-order valence-corrected chi connectivity index (χ0v) is 11.7. The minimum atomic E-state index is -0.577. The monoisotopic (exact) mass is 345 g/mol. The van der Waals surface area contributed by atoms with Gasteiger partial charge in [-0.3, -0.25) is 4.79 Å². The van der Waals surface area contributed by atoms with E-state index < -0.39 is 17.5 Å². The van der Waals surface area contributed by atoms with Gasteiger partial charge in [-0.2, -0.15) is 0 Å². The normalized spacial score (nSPS) is 10.3. The summed E-state index contributed by atoms with van der Waals surface area (Å²) in [5, 5.41) is 2.41. The van der Waals surface area contributed by atoms with Crippen LogP contribution in [0.25, 0.3) is 0 Å². The van der Waals surface area contributed by atoms with Crippen molar-refractivity contribution in [2.24, 2.45) is 0 Å². The van der Waals surface area contributed by atoms with Crippen LogP contribution >= 0.6 is 27.5 Å². The molecule has 1 N–H and O–H groups in total. The highest BCUT2D eigenvalue weighted by Gasteiger charge is 2.12. The van der Waals surface area contributed by atoms with Crippen LogP contribution in [0.15, 0.2) is 40.9 Å². The maximum Gasteiger partial charge on any atom is 0.256 e. The molecule has 0 bridgehead atoms. The summed E-state index contributed by atoms with van der Waals surface area (Å²) >= 11 is 8.76. The number of rotatable bonds is 2. The van der Waals surface area contributed by atoms with Crippen molar-refractivity contribution >= 4 is 39.1 Å². The molecule has 2 aromatic rings. The zero-order chi connectivity index (χ0) is 14.0. The van der Waals surface area contributed by atoms with Crippen molar-refractivity contribution in [3.8, 4) is 0 Å². The number of carbonyl (C=O) groups is 1. The van der Waals surface area contributed by atoms with Gasteiger partial charge in [0.15, 0.2) is 0 Å². The standard InChI is InChI=1S/C13H7BrClF2NO/c14-10-3-1-7(16)5-9(10)13(19)18-8-2-4-12(17)11(15)6-8/h1-6H,(H,18,19). The van der Waals surface area contributed by atoms with Gasteiger partial charge in [-0.15, -0.1) is 0 Å². The van der Waals surface area contributed by atoms with Gasteiger partial charge in [-0.25, -0.2) is 8.78 Å². The fraction of sp³-hybridized carbons (Fsp3) is 0. The fourth-order valence-electron chi connectivity index (χ4n) is 1.44. The van der Waals surface area contributed by atoms with E-state index in [9.17, 15) is 13.6 Å². The molecule has 1 amide bonds. The van der Waals surface area contributed by atoms with Gasteiger partial charge in [0, 0.05) is 10.2 Å². The van der Waals surface area contributed by atoms with Crippen LogP contribution in [0.3, 0.4) is 0 Å². The summed E-state index contributed by atoms with van der Waals surface area (Å²) in [6.07, 6.45) is 0. The van der Waals surface area contributed by atoms with Crippen LogP contribution in [0, 0.1) is 11.6 Å². The Balaban J connectivity index is 2.25. The first-order valence-electron chi connectivity index (χ1n) is 5.19. The van der Waals surface area contributed by atoms with E-state index in [4.69, 9.17) is 11.6 Å². The van der Waals surface area contributed by atoms with Crippen molar-refractivity contribution in [2.45, 2.75) is 0 Å². The first-order chi connectivity index (χ1) is 8.97. The fourth-order valence-corrected chi connectivity index (χ4v) is 2.05. The summed E-state index contributed by atoms with van der Waals surface area (Å²) < 4.78 is 26.5. The van der Waals surface area contributed by atoms with Gasteiger partial charge in [-0.1, -0.05) is 11.6 Å². The second-order valence-corrected chi connectivity index (χ2v) is 4.97. The number of anilines is 1. The molecule has 0 atom stereocenters. The Hall–Kier alpha value is -1.46. The molecular weight excluding hydrogens is 340 g/mol. The van der Waals surface area contributed by atoms with Crippen molar-refractivity contribution in [2.75, 3.05) is 5.32 Å². The van der Waals surface area contributed by atoms with Crippen molar-refractivity contribution in [1.82, 2.24) is 0 Å². The Morgan fingerprint density at radius 2 is 1.89 bits per heavy atom. The quantitative estimate of drug-likeness (QED) is 0.844. The largest absolute Gasteiger partial charge is 0.322 e. The SMILES string of the molecule is O=C(Nc1ccc(F)c(Cl)c1)c1cc(F)ccc1Br. The molecule has 0 unspecified atom stereocenters. The number of hydrogen-bond donors (Lipinski definition) is 1. The lowest BCUT2D eigenvalue weighted by atomic mass is 10.2. The van der Waals surface area contributed by atoms with Crippen LogP contribution in [0.4, 0.5) is 14.5 Å². The second kappa shape index (κ2) is 5.67. The molecule has 0 fully saturated rings. The van der Waals surface area contributed by atoms with E-state index in [1.165, 1.54) is 24.3 Å². The first-order valence-corrected chi connectivity index (χ1v) is 6.36. The number of halogens is 4. The molecule has 0 radical (unpaired) electrons. The molecule has 2 nitrogen and oxygen atoms in total. The van der Waals surface area contributed by atoms with E-state index in [0.717, 1.165) is 12.1 Å². The summed E-state index contributed by atoms with van der Waals surface area (Å²) in [4.78, 5) is 11.9. The van der Waals surface area contributed by atoms with Gasteiger partial charge in [-0.05, 0) is 52.3 Å². The number of amides is 1. The second-order valence-electron chi connectivity index (χ2n) is 3.71. The third kappa shape index (κ3) is 3.30. The van der Waals surface area contributed by atoms with E-state index in [0.29, 0.717) is 10.2 Å². The zero-order valence-electron chi connectivity index (χ0n) is 9.38. The summed E-state index contributed by atoms with van der Waals surface area (Å²) in [6, 6.07) is 7.55. The highest BCUT2D eigenvalue weighted by Crippen LogP contribution is 2.22. The average Bonchev–Trinajstić information content (AvgIpc) is 2.36. The van der Waals surface area contributed by atoms with E-state index in [-0.39, 0.29) is 10.6 Å². The van der Waals surface area contributed by atoms with Crippen molar-refractivity contribution < 1.29 is 13.6 Å². The van der Waals surface area contributed by atoms with E-state index >= 15 is 0 Å². The molecule has 2 rings (SSSR count). The highest BCUT2D eigenvalue weighted by atomic mass is 79.9. The molecule has 98 valence electrons. The Morgan fingerprint density at radius 1 is 1.16 bits per heavy atom. The lowest BCUT2D eigenvalue weighted by Gasteiger charge is -2.07. The minimum absolute atomic E-state index is 0.101. The van der Waals surface area contributed by atoms with Gasteiger partial charge in [0.2, 0.25) is 0 Å². The molecule has 0 spiro atoms. The van der Waals surface area contributed by atoms with Gasteiger partial charge < -0.3 is 5.32 Å². The number of nitrogens with one attached hydrogen (secondary N) is 1. The number of benzene rings is 2. The molecule has 0 aliphatic carbocycles. The van der Waals surface area contributed by atoms with Gasteiger partial charge in [0.25, 0.3) is 5.91 Å². The molecule has 0 aliphatic heterocycles. The molecule has 0 saturated heterocycles. The Morgan fingerprint density at radius 3 is 2.58 bits per heavy atom. The van der Waals surface area contributed by atoms with Crippen molar-refractivity contribution in [3.63, 3.8) is 0 Å². The van der Waals surface area contributed by atoms with E-state index in [1.54, 1.807) is 0 Å². The molecule has 0 saturated carbocycles. The third-order valence-electron chi connectivity index (χ3n) is 2.35. The number of carbonyl (C=O) groups excluding carboxylic acids is 1. The summed E-state index contributed by atoms with van der Waals surface area (Å²) in [5.41, 5.74) is 0.466. The van der Waals surface area contributed by atoms with Gasteiger partial charge >= 0.3 is 0 Å². The van der Waals surface area contributed by atoms with Gasteiger partial charge in [0.1, 0.15) is 11.6 Å². The lowest BCUT2D eigenvalue weighted by Crippen LogP contribution is -2.13. The predicted octanol–water partition coefficient (Wildman–Crippen LogP) is 4.63. The maximum atomic E-state index is 13.1. The van der Waals surface area contributed by atoms with Crippen LogP contribution in [0.2, 0.25) is 5.02 Å². The van der Waals surface area contributed by atoms with Crippen molar-refractivity contribution in [3.05, 3.63) is 63.1 Å². The topological polar surface area (TPSA) is 29.1 Å². The minimum Gasteiger partial charge on any atom is -0.322 e. The van der Waals surface area contributed by atoms with Crippen LogP contribution in [-0.2, 0) is 0 Å². The molecular formula is C13H7BrClF2NO. The average molecular weight is 347 g/mol. The smallest absolute Gasteiger partial charge is 0.256 e. The van der Waals surface area contributed by atoms with Crippen LogP contribution in [0.5, 0.6) is 0 Å². The maximum absolute atomic E-state index is 13.1. The molecule has 0 aliphatic rings. The Labute approximate surface area is 121 Å².